The predicted octanol–water partition coefficient (Wildman–Crippen LogP) is 3.93. The molecule has 1 aliphatic rings. The van der Waals surface area contributed by atoms with Gasteiger partial charge < -0.3 is 24.4 Å². The van der Waals surface area contributed by atoms with E-state index in [0.29, 0.717) is 38.2 Å². The highest BCUT2D eigenvalue weighted by molar-refractivity contribution is 5.70. The van der Waals surface area contributed by atoms with Crippen LogP contribution in [0.5, 0.6) is 5.88 Å². The number of amides is 2. The van der Waals surface area contributed by atoms with Gasteiger partial charge in [0, 0.05) is 25.4 Å². The van der Waals surface area contributed by atoms with E-state index in [-0.39, 0.29) is 6.09 Å². The van der Waals surface area contributed by atoms with Gasteiger partial charge in [0.15, 0.2) is 0 Å². The highest BCUT2D eigenvalue weighted by atomic mass is 16.6. The van der Waals surface area contributed by atoms with Crippen LogP contribution in [0.2, 0.25) is 0 Å². The summed E-state index contributed by atoms with van der Waals surface area (Å²) in [4.78, 5) is 30.9. The average molecular weight is 422 g/mol. The van der Waals surface area contributed by atoms with Crippen molar-refractivity contribution in [1.82, 2.24) is 15.2 Å². The molecule has 8 nitrogen and oxygen atoms in total. The lowest BCUT2D eigenvalue weighted by molar-refractivity contribution is 0.0120. The predicted molar refractivity (Wildman–Crippen MR) is 114 cm³/mol. The quantitative estimate of drug-likeness (QED) is 0.792. The number of methoxy groups -OCH3 is 1. The molecule has 168 valence electrons. The van der Waals surface area contributed by atoms with Crippen molar-refractivity contribution in [3.63, 3.8) is 0 Å². The van der Waals surface area contributed by atoms with Crippen molar-refractivity contribution in [3.05, 3.63) is 23.9 Å². The van der Waals surface area contributed by atoms with Crippen LogP contribution in [0, 0.1) is 0 Å². The Morgan fingerprint density at radius 1 is 1.07 bits per heavy atom. The Labute approximate surface area is 179 Å². The van der Waals surface area contributed by atoms with Gasteiger partial charge in [0.2, 0.25) is 5.88 Å². The van der Waals surface area contributed by atoms with Crippen molar-refractivity contribution >= 4 is 12.2 Å². The fourth-order valence-corrected chi connectivity index (χ4v) is 3.34. The fourth-order valence-electron chi connectivity index (χ4n) is 3.34. The minimum absolute atomic E-state index is 0.334. The monoisotopic (exact) mass is 421 g/mol. The van der Waals surface area contributed by atoms with Crippen molar-refractivity contribution in [1.29, 1.82) is 0 Å². The molecule has 8 heteroatoms. The van der Waals surface area contributed by atoms with E-state index < -0.39 is 22.8 Å². The molecule has 0 radical (unpaired) electrons. The van der Waals surface area contributed by atoms with Crippen LogP contribution in [-0.2, 0) is 15.9 Å². The molecular weight excluding hydrogens is 386 g/mol. The number of hydrogen-bond acceptors (Lipinski definition) is 6. The van der Waals surface area contributed by atoms with Crippen LogP contribution in [0.25, 0.3) is 0 Å². The van der Waals surface area contributed by atoms with Crippen LogP contribution in [0.1, 0.15) is 59.9 Å². The van der Waals surface area contributed by atoms with Gasteiger partial charge in [-0.2, -0.15) is 0 Å². The minimum atomic E-state index is -0.593. The van der Waals surface area contributed by atoms with Crippen LogP contribution >= 0.6 is 0 Å². The van der Waals surface area contributed by atoms with E-state index >= 15 is 0 Å². The topological polar surface area (TPSA) is 90.0 Å². The first kappa shape index (κ1) is 23.8. The zero-order valence-electron chi connectivity index (χ0n) is 19.2. The largest absolute Gasteiger partial charge is 0.481 e. The van der Waals surface area contributed by atoms with Gasteiger partial charge in [-0.15, -0.1) is 0 Å². The fraction of sp³-hybridized carbons (Fsp3) is 0.682. The molecule has 1 aliphatic heterocycles. The van der Waals surface area contributed by atoms with Crippen LogP contribution < -0.4 is 10.1 Å². The van der Waals surface area contributed by atoms with Crippen LogP contribution in [0.4, 0.5) is 9.59 Å². The molecule has 0 atom stereocenters. The second kappa shape index (κ2) is 9.10. The summed E-state index contributed by atoms with van der Waals surface area (Å²) in [5, 5.41) is 3.07. The first-order chi connectivity index (χ1) is 13.8. The number of hydrogen-bond donors (Lipinski definition) is 1. The summed E-state index contributed by atoms with van der Waals surface area (Å²) >= 11 is 0. The van der Waals surface area contributed by atoms with Crippen molar-refractivity contribution in [2.24, 2.45) is 0 Å². The standard InChI is InChI=1S/C22H35N3O5/c1-20(2,3)29-18(26)24-22(14-16-8-9-17(28-7)23-15-16)10-12-25(13-11-22)19(27)30-21(4,5)6/h8-9,15H,10-14H2,1-7H3,(H,24,26). The van der Waals surface area contributed by atoms with Crippen LogP contribution in [-0.4, -0.2) is 59.0 Å². The zero-order chi connectivity index (χ0) is 22.6. The van der Waals surface area contributed by atoms with Crippen molar-refractivity contribution in [3.8, 4) is 5.88 Å². The minimum Gasteiger partial charge on any atom is -0.481 e. The normalized spacial score (nSPS) is 16.6. The third-order valence-electron chi connectivity index (χ3n) is 4.69. The van der Waals surface area contributed by atoms with E-state index in [0.717, 1.165) is 5.56 Å². The van der Waals surface area contributed by atoms with Crippen molar-refractivity contribution < 1.29 is 23.8 Å². The summed E-state index contributed by atoms with van der Waals surface area (Å²) in [6.07, 6.45) is 2.69. The van der Waals surface area contributed by atoms with E-state index in [1.165, 1.54) is 0 Å². The molecule has 1 saturated heterocycles. The van der Waals surface area contributed by atoms with Gasteiger partial charge >= 0.3 is 12.2 Å². The Balaban J connectivity index is 2.14. The lowest BCUT2D eigenvalue weighted by Crippen LogP contribution is -2.58. The van der Waals surface area contributed by atoms with Gasteiger partial charge in [0.25, 0.3) is 0 Å². The molecule has 1 N–H and O–H groups in total. The summed E-state index contributed by atoms with van der Waals surface area (Å²) < 4.78 is 16.1. The summed E-state index contributed by atoms with van der Waals surface area (Å²) in [7, 11) is 1.57. The number of piperidine rings is 1. The molecule has 2 rings (SSSR count). The van der Waals surface area contributed by atoms with Crippen LogP contribution in [0.15, 0.2) is 18.3 Å². The third kappa shape index (κ3) is 7.39. The Morgan fingerprint density at radius 3 is 2.13 bits per heavy atom. The molecule has 0 aliphatic carbocycles. The molecule has 2 heterocycles. The van der Waals surface area contributed by atoms with Crippen molar-refractivity contribution in [2.75, 3.05) is 20.2 Å². The van der Waals surface area contributed by atoms with E-state index in [9.17, 15) is 9.59 Å². The second-order valence-corrected chi connectivity index (χ2v) is 9.76. The molecule has 0 spiro atoms. The Kier molecular flexibility index (Phi) is 7.21. The van der Waals surface area contributed by atoms with Gasteiger partial charge in [0.1, 0.15) is 11.2 Å². The average Bonchev–Trinajstić information content (AvgIpc) is 2.59. The SMILES string of the molecule is COc1ccc(CC2(NC(=O)OC(C)(C)C)CCN(C(=O)OC(C)(C)C)CC2)cn1. The second-order valence-electron chi connectivity index (χ2n) is 9.76. The summed E-state index contributed by atoms with van der Waals surface area (Å²) in [5.41, 5.74) is -0.714. The van der Waals surface area contributed by atoms with Crippen molar-refractivity contribution in [2.45, 2.75) is 77.5 Å². The first-order valence-corrected chi connectivity index (χ1v) is 10.3. The number of alkyl carbamates (subject to hydrolysis) is 1. The van der Waals surface area contributed by atoms with E-state index in [1.807, 2.05) is 47.6 Å². The molecule has 0 bridgehead atoms. The van der Waals surface area contributed by atoms with Gasteiger partial charge in [-0.1, -0.05) is 6.07 Å². The molecule has 30 heavy (non-hydrogen) atoms. The Morgan fingerprint density at radius 2 is 1.67 bits per heavy atom. The van der Waals surface area contributed by atoms with Crippen LogP contribution in [0.3, 0.4) is 0 Å². The number of carbonyl (C=O) groups is 2. The maximum Gasteiger partial charge on any atom is 0.410 e. The van der Waals surface area contributed by atoms with E-state index in [2.05, 4.69) is 10.3 Å². The van der Waals surface area contributed by atoms with Gasteiger partial charge in [-0.3, -0.25) is 0 Å². The summed E-state index contributed by atoms with van der Waals surface area (Å²) in [6, 6.07) is 3.73. The lowest BCUT2D eigenvalue weighted by atomic mass is 9.82. The van der Waals surface area contributed by atoms with E-state index in [4.69, 9.17) is 14.2 Å². The molecule has 2 amide bonds. The number of rotatable bonds is 4. The summed E-state index contributed by atoms with van der Waals surface area (Å²) in [6.45, 7) is 12.0. The molecule has 0 saturated carbocycles. The smallest absolute Gasteiger partial charge is 0.410 e. The Bertz CT molecular complexity index is 727. The molecule has 0 unspecified atom stereocenters. The summed E-state index contributed by atoms with van der Waals surface area (Å²) in [5.74, 6) is 0.535. The zero-order valence-corrected chi connectivity index (χ0v) is 19.2. The number of ether oxygens (including phenoxy) is 3. The Hall–Kier alpha value is -2.51. The van der Waals surface area contributed by atoms with Gasteiger partial charge in [0.05, 0.1) is 12.6 Å². The third-order valence-corrected chi connectivity index (χ3v) is 4.69. The van der Waals surface area contributed by atoms with Gasteiger partial charge in [-0.25, -0.2) is 14.6 Å². The highest BCUT2D eigenvalue weighted by Gasteiger charge is 2.39. The molecule has 1 aromatic heterocycles. The maximum absolute atomic E-state index is 12.6. The number of pyridine rings is 1. The molecule has 1 fully saturated rings. The number of nitrogens with zero attached hydrogens (tertiary/aromatic N) is 2. The van der Waals surface area contributed by atoms with E-state index in [1.54, 1.807) is 24.3 Å². The van der Waals surface area contributed by atoms with Gasteiger partial charge in [-0.05, 0) is 66.4 Å². The number of carbonyl (C=O) groups excluding carboxylic acids is 2. The first-order valence-electron chi connectivity index (χ1n) is 10.3. The lowest BCUT2D eigenvalue weighted by Gasteiger charge is -2.42. The number of aromatic nitrogens is 1. The number of nitrogens with one attached hydrogen (secondary N) is 1. The highest BCUT2D eigenvalue weighted by Crippen LogP contribution is 2.28. The number of likely N-dealkylation sites (tertiary alicyclic amines) is 1. The maximum atomic E-state index is 12.6. The molecular formula is C22H35N3O5. The molecule has 1 aromatic rings. The molecule has 0 aromatic carbocycles.